The topological polar surface area (TPSA) is 95.9 Å². The molecule has 0 saturated carbocycles. The van der Waals surface area contributed by atoms with Crippen LogP contribution >= 0.6 is 22.6 Å². The quantitative estimate of drug-likeness (QED) is 0.378. The predicted molar refractivity (Wildman–Crippen MR) is 106 cm³/mol. The number of urea groups is 1. The minimum Gasteiger partial charge on any atom is -0.481 e. The van der Waals surface area contributed by atoms with Gasteiger partial charge < -0.3 is 15.2 Å². The van der Waals surface area contributed by atoms with Gasteiger partial charge in [0.1, 0.15) is 11.4 Å². The van der Waals surface area contributed by atoms with E-state index in [1.165, 1.54) is 0 Å². The Kier molecular flexibility index (Phi) is 5.75. The SMILES string of the molecule is O=C(O)COc1ccc(/C=C2/NC(=O)N(Cc3ccccc3)C2=O)cc1I. The Hall–Kier alpha value is -2.88. The van der Waals surface area contributed by atoms with Crippen molar-refractivity contribution in [3.8, 4) is 5.75 Å². The Labute approximate surface area is 168 Å². The minimum absolute atomic E-state index is 0.186. The van der Waals surface area contributed by atoms with E-state index in [4.69, 9.17) is 9.84 Å². The number of imide groups is 1. The van der Waals surface area contributed by atoms with E-state index < -0.39 is 24.5 Å². The van der Waals surface area contributed by atoms with Gasteiger partial charge in [-0.15, -0.1) is 0 Å². The van der Waals surface area contributed by atoms with E-state index in [0.717, 1.165) is 10.5 Å². The van der Waals surface area contributed by atoms with Gasteiger partial charge in [0.2, 0.25) is 0 Å². The number of carboxylic acid groups (broad SMARTS) is 1. The number of carbonyl (C=O) groups excluding carboxylic acids is 2. The second kappa shape index (κ2) is 8.21. The number of nitrogens with one attached hydrogen (secondary N) is 1. The van der Waals surface area contributed by atoms with Gasteiger partial charge in [-0.05, 0) is 51.9 Å². The van der Waals surface area contributed by atoms with Crippen molar-refractivity contribution in [1.29, 1.82) is 0 Å². The lowest BCUT2D eigenvalue weighted by molar-refractivity contribution is -0.139. The monoisotopic (exact) mass is 478 g/mol. The fourth-order valence-corrected chi connectivity index (χ4v) is 3.21. The lowest BCUT2D eigenvalue weighted by Gasteiger charge is -2.11. The summed E-state index contributed by atoms with van der Waals surface area (Å²) in [6.07, 6.45) is 1.58. The van der Waals surface area contributed by atoms with Crippen molar-refractivity contribution in [2.75, 3.05) is 6.61 Å². The summed E-state index contributed by atoms with van der Waals surface area (Å²) >= 11 is 2.02. The van der Waals surface area contributed by atoms with E-state index in [1.54, 1.807) is 24.3 Å². The number of hydrogen-bond donors (Lipinski definition) is 2. The molecule has 0 unspecified atom stereocenters. The van der Waals surface area contributed by atoms with Gasteiger partial charge in [0.25, 0.3) is 5.91 Å². The molecule has 7 nitrogen and oxygen atoms in total. The number of aliphatic carboxylic acids is 1. The molecule has 3 rings (SSSR count). The molecule has 0 spiro atoms. The Balaban J connectivity index is 1.75. The Morgan fingerprint density at radius 3 is 2.59 bits per heavy atom. The summed E-state index contributed by atoms with van der Waals surface area (Å²) in [6, 6.07) is 13.8. The van der Waals surface area contributed by atoms with Gasteiger partial charge in [0.05, 0.1) is 10.1 Å². The van der Waals surface area contributed by atoms with E-state index >= 15 is 0 Å². The first kappa shape index (κ1) is 18.9. The fourth-order valence-electron chi connectivity index (χ4n) is 2.51. The molecule has 27 heavy (non-hydrogen) atoms. The Bertz CT molecular complexity index is 927. The second-order valence-electron chi connectivity index (χ2n) is 5.74. The summed E-state index contributed by atoms with van der Waals surface area (Å²) in [5.74, 6) is -1.02. The molecule has 1 heterocycles. The molecule has 0 aliphatic carbocycles. The number of benzene rings is 2. The molecule has 1 fully saturated rings. The maximum absolute atomic E-state index is 12.5. The first-order valence-corrected chi connectivity index (χ1v) is 9.04. The van der Waals surface area contributed by atoms with Crippen LogP contribution < -0.4 is 10.1 Å². The van der Waals surface area contributed by atoms with Crippen LogP contribution in [0.3, 0.4) is 0 Å². The van der Waals surface area contributed by atoms with Crippen molar-refractivity contribution in [2.24, 2.45) is 0 Å². The number of carboxylic acids is 1. The lowest BCUT2D eigenvalue weighted by Crippen LogP contribution is -2.30. The maximum Gasteiger partial charge on any atom is 0.341 e. The van der Waals surface area contributed by atoms with Crippen molar-refractivity contribution in [3.05, 3.63) is 68.9 Å². The zero-order valence-electron chi connectivity index (χ0n) is 14.0. The van der Waals surface area contributed by atoms with Gasteiger partial charge in [-0.2, -0.15) is 0 Å². The number of halogens is 1. The van der Waals surface area contributed by atoms with E-state index in [2.05, 4.69) is 5.32 Å². The first-order valence-electron chi connectivity index (χ1n) is 7.96. The van der Waals surface area contributed by atoms with Gasteiger partial charge in [0, 0.05) is 0 Å². The molecule has 8 heteroatoms. The van der Waals surface area contributed by atoms with Crippen LogP contribution in [0.1, 0.15) is 11.1 Å². The van der Waals surface area contributed by atoms with E-state index in [1.807, 2.05) is 52.9 Å². The molecular weight excluding hydrogens is 463 g/mol. The number of amides is 3. The maximum atomic E-state index is 12.5. The smallest absolute Gasteiger partial charge is 0.341 e. The van der Waals surface area contributed by atoms with Crippen LogP contribution in [-0.2, 0) is 16.1 Å². The molecule has 0 radical (unpaired) electrons. The first-order chi connectivity index (χ1) is 12.9. The fraction of sp³-hybridized carbons (Fsp3) is 0.105. The van der Waals surface area contributed by atoms with Gasteiger partial charge in [-0.3, -0.25) is 9.69 Å². The predicted octanol–water partition coefficient (Wildman–Crippen LogP) is 2.85. The van der Waals surface area contributed by atoms with E-state index in [0.29, 0.717) is 14.9 Å². The van der Waals surface area contributed by atoms with Gasteiger partial charge in [-0.1, -0.05) is 36.4 Å². The number of hydrogen-bond acceptors (Lipinski definition) is 4. The third-order valence-electron chi connectivity index (χ3n) is 3.76. The van der Waals surface area contributed by atoms with E-state index in [9.17, 15) is 14.4 Å². The summed E-state index contributed by atoms with van der Waals surface area (Å²) in [5.41, 5.74) is 1.73. The summed E-state index contributed by atoms with van der Waals surface area (Å²) in [4.78, 5) is 36.4. The van der Waals surface area contributed by atoms with Crippen LogP contribution in [0.15, 0.2) is 54.2 Å². The molecule has 0 atom stereocenters. The van der Waals surface area contributed by atoms with Crippen LogP contribution in [0, 0.1) is 3.57 Å². The molecule has 2 aromatic carbocycles. The van der Waals surface area contributed by atoms with Gasteiger partial charge in [-0.25, -0.2) is 9.59 Å². The molecular formula is C19H15IN2O5. The summed E-state index contributed by atoms with van der Waals surface area (Å²) in [5, 5.41) is 11.3. The molecule has 3 amide bonds. The third kappa shape index (κ3) is 4.64. The van der Waals surface area contributed by atoms with Crippen LogP contribution in [-0.4, -0.2) is 34.5 Å². The molecule has 2 aromatic rings. The zero-order valence-corrected chi connectivity index (χ0v) is 16.2. The van der Waals surface area contributed by atoms with Crippen LogP contribution in [0.25, 0.3) is 6.08 Å². The van der Waals surface area contributed by atoms with Gasteiger partial charge in [0.15, 0.2) is 6.61 Å². The lowest BCUT2D eigenvalue weighted by atomic mass is 10.1. The highest BCUT2D eigenvalue weighted by Gasteiger charge is 2.33. The summed E-state index contributed by atoms with van der Waals surface area (Å²) in [6.45, 7) is -0.234. The average Bonchev–Trinajstić information content (AvgIpc) is 2.89. The average molecular weight is 478 g/mol. The van der Waals surface area contributed by atoms with E-state index in [-0.39, 0.29) is 12.2 Å². The largest absolute Gasteiger partial charge is 0.481 e. The third-order valence-corrected chi connectivity index (χ3v) is 4.61. The van der Waals surface area contributed by atoms with Crippen molar-refractivity contribution in [2.45, 2.75) is 6.54 Å². The molecule has 2 N–H and O–H groups in total. The number of nitrogens with zero attached hydrogens (tertiary/aromatic N) is 1. The van der Waals surface area contributed by atoms with Crippen LogP contribution in [0.4, 0.5) is 4.79 Å². The van der Waals surface area contributed by atoms with Crippen molar-refractivity contribution < 1.29 is 24.2 Å². The molecule has 0 aromatic heterocycles. The number of rotatable bonds is 6. The molecule has 1 aliphatic rings. The zero-order chi connectivity index (χ0) is 19.4. The highest BCUT2D eigenvalue weighted by atomic mass is 127. The highest BCUT2D eigenvalue weighted by Crippen LogP contribution is 2.24. The second-order valence-corrected chi connectivity index (χ2v) is 6.90. The summed E-state index contributed by atoms with van der Waals surface area (Å²) in [7, 11) is 0. The Morgan fingerprint density at radius 2 is 1.93 bits per heavy atom. The van der Waals surface area contributed by atoms with Crippen molar-refractivity contribution in [1.82, 2.24) is 10.2 Å². The van der Waals surface area contributed by atoms with Gasteiger partial charge >= 0.3 is 12.0 Å². The molecule has 138 valence electrons. The standard InChI is InChI=1S/C19H15IN2O5/c20-14-8-13(6-7-16(14)27-11-17(23)24)9-15-18(25)22(19(26)21-15)10-12-4-2-1-3-5-12/h1-9H,10-11H2,(H,21,26)(H,23,24)/b15-9+. The minimum atomic E-state index is -1.06. The van der Waals surface area contributed by atoms with Crippen LogP contribution in [0.2, 0.25) is 0 Å². The highest BCUT2D eigenvalue weighted by molar-refractivity contribution is 14.1. The van der Waals surface area contributed by atoms with Crippen molar-refractivity contribution >= 4 is 46.6 Å². The summed E-state index contributed by atoms with van der Waals surface area (Å²) < 4.78 is 5.87. The Morgan fingerprint density at radius 1 is 1.19 bits per heavy atom. The van der Waals surface area contributed by atoms with Crippen LogP contribution in [0.5, 0.6) is 5.75 Å². The number of carbonyl (C=O) groups is 3. The molecule has 1 saturated heterocycles. The van der Waals surface area contributed by atoms with Crippen molar-refractivity contribution in [3.63, 3.8) is 0 Å². The number of ether oxygens (including phenoxy) is 1. The molecule has 0 bridgehead atoms. The normalized spacial score (nSPS) is 15.1. The molecule has 1 aliphatic heterocycles.